The van der Waals surface area contributed by atoms with E-state index in [-0.39, 0.29) is 6.61 Å². The van der Waals surface area contributed by atoms with Crippen LogP contribution in [0.1, 0.15) is 6.92 Å². The Morgan fingerprint density at radius 1 is 1.75 bits per heavy atom. The van der Waals surface area contributed by atoms with Gasteiger partial charge >= 0.3 is 7.82 Å². The molecule has 0 aliphatic rings. The third kappa shape index (κ3) is 4.12. The summed E-state index contributed by atoms with van der Waals surface area (Å²) in [5.74, 6) is -1.61. The minimum atomic E-state index is -4.20. The molecule has 0 aliphatic heterocycles. The summed E-state index contributed by atoms with van der Waals surface area (Å²) in [7, 11) is -4.20. The minimum absolute atomic E-state index is 0.0141. The van der Waals surface area contributed by atoms with Crippen molar-refractivity contribution in [1.29, 1.82) is 0 Å². The minimum Gasteiger partial charge on any atom is -0.399 e. The van der Waals surface area contributed by atoms with E-state index in [9.17, 15) is 9.36 Å². The fraction of sp³-hybridized carbons (Fsp3) is 0.400. The monoisotopic (exact) mass is 195 g/mol. The molecule has 0 fully saturated rings. The van der Waals surface area contributed by atoms with Gasteiger partial charge in [0.25, 0.3) is 5.91 Å². The largest absolute Gasteiger partial charge is 0.527 e. The second-order valence-corrected chi connectivity index (χ2v) is 3.14. The number of primary amides is 1. The highest BCUT2D eigenvalue weighted by molar-refractivity contribution is 7.47. The molecule has 0 aliphatic carbocycles. The predicted molar refractivity (Wildman–Crippen MR) is 40.9 cm³/mol. The van der Waals surface area contributed by atoms with E-state index in [4.69, 9.17) is 4.89 Å². The van der Waals surface area contributed by atoms with Crippen molar-refractivity contribution in [3.63, 3.8) is 0 Å². The SMILES string of the molecule is C=C(OP(=O)(O)OCC)C(N)=O. The molecule has 1 atom stereocenters. The van der Waals surface area contributed by atoms with Gasteiger partial charge in [-0.2, -0.15) is 0 Å². The summed E-state index contributed by atoms with van der Waals surface area (Å²) in [4.78, 5) is 19.1. The first kappa shape index (κ1) is 11.2. The average Bonchev–Trinajstić information content (AvgIpc) is 1.85. The van der Waals surface area contributed by atoms with Crippen LogP contribution in [0.15, 0.2) is 12.3 Å². The molecule has 0 saturated heterocycles. The highest BCUT2D eigenvalue weighted by Gasteiger charge is 2.24. The number of phosphoric ester groups is 1. The lowest BCUT2D eigenvalue weighted by Crippen LogP contribution is -2.14. The molecule has 0 aromatic heterocycles. The van der Waals surface area contributed by atoms with E-state index in [0.29, 0.717) is 0 Å². The van der Waals surface area contributed by atoms with Crippen LogP contribution in [0.3, 0.4) is 0 Å². The van der Waals surface area contributed by atoms with Gasteiger partial charge in [-0.1, -0.05) is 6.58 Å². The van der Waals surface area contributed by atoms with E-state index >= 15 is 0 Å². The van der Waals surface area contributed by atoms with E-state index in [0.717, 1.165) is 0 Å². The molecule has 12 heavy (non-hydrogen) atoms. The highest BCUT2D eigenvalue weighted by Crippen LogP contribution is 2.44. The third-order valence-corrected chi connectivity index (χ3v) is 1.83. The molecular weight excluding hydrogens is 185 g/mol. The summed E-state index contributed by atoms with van der Waals surface area (Å²) >= 11 is 0. The van der Waals surface area contributed by atoms with Crippen molar-refractivity contribution >= 4 is 13.7 Å². The quantitative estimate of drug-likeness (QED) is 0.369. The van der Waals surface area contributed by atoms with Gasteiger partial charge in [0.15, 0.2) is 5.76 Å². The zero-order chi connectivity index (χ0) is 9.78. The maximum atomic E-state index is 10.8. The molecule has 70 valence electrons. The Labute approximate surface area is 69.6 Å². The molecular formula is C5H10NO5P. The number of phosphoric acid groups is 1. The fourth-order valence-corrected chi connectivity index (χ4v) is 1.12. The summed E-state index contributed by atoms with van der Waals surface area (Å²) in [6.07, 6.45) is 0. The number of carbonyl (C=O) groups excluding carboxylic acids is 1. The van der Waals surface area contributed by atoms with E-state index in [1.165, 1.54) is 6.92 Å². The van der Waals surface area contributed by atoms with Crippen molar-refractivity contribution < 1.29 is 23.3 Å². The lowest BCUT2D eigenvalue weighted by atomic mass is 10.6. The molecule has 0 spiro atoms. The first-order valence-electron chi connectivity index (χ1n) is 3.04. The van der Waals surface area contributed by atoms with Crippen LogP contribution in [0.2, 0.25) is 0 Å². The molecule has 0 bridgehead atoms. The molecule has 6 nitrogen and oxygen atoms in total. The summed E-state index contributed by atoms with van der Waals surface area (Å²) in [5.41, 5.74) is 4.69. The molecule has 1 amide bonds. The predicted octanol–water partition coefficient (Wildman–Crippen LogP) is 0.139. The van der Waals surface area contributed by atoms with Gasteiger partial charge in [-0.3, -0.25) is 14.2 Å². The van der Waals surface area contributed by atoms with Crippen molar-refractivity contribution in [3.8, 4) is 0 Å². The van der Waals surface area contributed by atoms with Gasteiger partial charge < -0.3 is 10.3 Å². The van der Waals surface area contributed by atoms with E-state index in [2.05, 4.69) is 21.4 Å². The van der Waals surface area contributed by atoms with E-state index < -0.39 is 19.5 Å². The van der Waals surface area contributed by atoms with Crippen LogP contribution >= 0.6 is 7.82 Å². The topological polar surface area (TPSA) is 98.8 Å². The van der Waals surface area contributed by atoms with Crippen LogP contribution < -0.4 is 5.73 Å². The highest BCUT2D eigenvalue weighted by atomic mass is 31.2. The van der Waals surface area contributed by atoms with Gasteiger partial charge in [0, 0.05) is 0 Å². The van der Waals surface area contributed by atoms with Gasteiger partial charge in [-0.25, -0.2) is 4.57 Å². The van der Waals surface area contributed by atoms with Crippen LogP contribution in [0.25, 0.3) is 0 Å². The molecule has 0 heterocycles. The smallest absolute Gasteiger partial charge is 0.399 e. The maximum Gasteiger partial charge on any atom is 0.527 e. The second kappa shape index (κ2) is 4.25. The summed E-state index contributed by atoms with van der Waals surface area (Å²) in [6, 6.07) is 0. The number of amides is 1. The molecule has 1 unspecified atom stereocenters. The van der Waals surface area contributed by atoms with E-state index in [1.54, 1.807) is 0 Å². The Kier molecular flexibility index (Phi) is 3.95. The molecule has 7 heteroatoms. The van der Waals surface area contributed by atoms with Crippen molar-refractivity contribution in [2.24, 2.45) is 5.73 Å². The van der Waals surface area contributed by atoms with Crippen molar-refractivity contribution in [2.75, 3.05) is 6.61 Å². The number of hydrogen-bond acceptors (Lipinski definition) is 4. The molecule has 0 aromatic rings. The average molecular weight is 195 g/mol. The summed E-state index contributed by atoms with van der Waals surface area (Å²) in [5, 5.41) is 0. The first-order chi connectivity index (χ1) is 5.39. The number of carbonyl (C=O) groups is 1. The van der Waals surface area contributed by atoms with Gasteiger partial charge in [0.2, 0.25) is 0 Å². The van der Waals surface area contributed by atoms with Crippen LogP contribution in [0, 0.1) is 0 Å². The van der Waals surface area contributed by atoms with Crippen molar-refractivity contribution in [2.45, 2.75) is 6.92 Å². The zero-order valence-electron chi connectivity index (χ0n) is 6.52. The molecule has 0 rings (SSSR count). The number of rotatable bonds is 5. The summed E-state index contributed by atoms with van der Waals surface area (Å²) < 4.78 is 19.2. The Morgan fingerprint density at radius 2 is 2.25 bits per heavy atom. The number of nitrogens with two attached hydrogens (primary N) is 1. The van der Waals surface area contributed by atoms with E-state index in [1.807, 2.05) is 0 Å². The first-order valence-corrected chi connectivity index (χ1v) is 4.54. The second-order valence-electron chi connectivity index (χ2n) is 1.77. The van der Waals surface area contributed by atoms with Gasteiger partial charge in [-0.05, 0) is 6.92 Å². The Morgan fingerprint density at radius 3 is 2.58 bits per heavy atom. The zero-order valence-corrected chi connectivity index (χ0v) is 7.41. The Balaban J connectivity index is 4.15. The van der Waals surface area contributed by atoms with Crippen molar-refractivity contribution in [1.82, 2.24) is 0 Å². The van der Waals surface area contributed by atoms with Crippen LogP contribution in [-0.4, -0.2) is 17.4 Å². The maximum absolute atomic E-state index is 10.8. The number of hydrogen-bond donors (Lipinski definition) is 2. The van der Waals surface area contributed by atoms with Crippen LogP contribution in [-0.2, 0) is 18.4 Å². The third-order valence-electron chi connectivity index (χ3n) is 0.793. The van der Waals surface area contributed by atoms with Crippen LogP contribution in [0.5, 0.6) is 0 Å². The standard InChI is InChI=1S/C5H10NO5P/c1-3-10-12(8,9)11-4(2)5(6)7/h2-3H2,1H3,(H2,6,7)(H,8,9). The van der Waals surface area contributed by atoms with Gasteiger partial charge in [0.05, 0.1) is 6.61 Å². The summed E-state index contributed by atoms with van der Waals surface area (Å²) in [6.45, 7) is 4.50. The Bertz CT molecular complexity index is 238. The molecule has 0 aromatic carbocycles. The van der Waals surface area contributed by atoms with Crippen molar-refractivity contribution in [3.05, 3.63) is 12.3 Å². The normalized spacial score (nSPS) is 14.8. The molecule has 0 saturated carbocycles. The lowest BCUT2D eigenvalue weighted by molar-refractivity contribution is -0.116. The lowest BCUT2D eigenvalue weighted by Gasteiger charge is -2.10. The fourth-order valence-electron chi connectivity index (χ4n) is 0.374. The van der Waals surface area contributed by atoms with Gasteiger partial charge in [0.1, 0.15) is 0 Å². The Hall–Kier alpha value is -0.840. The van der Waals surface area contributed by atoms with Crippen LogP contribution in [0.4, 0.5) is 0 Å². The molecule has 3 N–H and O–H groups in total. The molecule has 0 radical (unpaired) electrons. The van der Waals surface area contributed by atoms with Gasteiger partial charge in [-0.15, -0.1) is 0 Å².